The lowest BCUT2D eigenvalue weighted by Gasteiger charge is -2.27. The molecule has 0 saturated carbocycles. The lowest BCUT2D eigenvalue weighted by atomic mass is 10.0. The van der Waals surface area contributed by atoms with E-state index < -0.39 is 0 Å². The van der Waals surface area contributed by atoms with Gasteiger partial charge in [0, 0.05) is 60.2 Å². The first-order valence-corrected chi connectivity index (χ1v) is 9.12. The van der Waals surface area contributed by atoms with E-state index >= 15 is 0 Å². The van der Waals surface area contributed by atoms with Crippen LogP contribution in [0.1, 0.15) is 17.0 Å². The molecule has 1 aliphatic heterocycles. The average molecular weight is 345 g/mol. The number of hydrogen-bond acceptors (Lipinski definition) is 2. The quantitative estimate of drug-likeness (QED) is 0.595. The molecule has 1 aliphatic rings. The molecule has 0 atom stereocenters. The standard InChI is InChI=1S/C22H20FN3/c23-16-6-8-21-18(13-16)19-14-26(12-10-22(19)25-21)11-9-17-7-5-15-3-1-2-4-20(15)24-17/h1-8,13,25H,9-12,14H2. The number of nitrogens with one attached hydrogen (secondary N) is 1. The zero-order chi connectivity index (χ0) is 17.5. The van der Waals surface area contributed by atoms with Gasteiger partial charge in [-0.3, -0.25) is 9.88 Å². The third kappa shape index (κ3) is 2.76. The van der Waals surface area contributed by atoms with Crippen LogP contribution in [0.15, 0.2) is 54.6 Å². The predicted molar refractivity (Wildman–Crippen MR) is 103 cm³/mol. The highest BCUT2D eigenvalue weighted by atomic mass is 19.1. The van der Waals surface area contributed by atoms with Crippen LogP contribution >= 0.6 is 0 Å². The molecule has 4 heteroatoms. The van der Waals surface area contributed by atoms with Gasteiger partial charge >= 0.3 is 0 Å². The minimum Gasteiger partial charge on any atom is -0.358 e. The van der Waals surface area contributed by atoms with Crippen LogP contribution in [0.2, 0.25) is 0 Å². The molecule has 5 rings (SSSR count). The molecule has 2 aromatic heterocycles. The van der Waals surface area contributed by atoms with Crippen LogP contribution < -0.4 is 0 Å². The summed E-state index contributed by atoms with van der Waals surface area (Å²) < 4.78 is 13.6. The first-order chi connectivity index (χ1) is 12.8. The van der Waals surface area contributed by atoms with Crippen molar-refractivity contribution in [2.24, 2.45) is 0 Å². The number of nitrogens with zero attached hydrogens (tertiary/aromatic N) is 2. The predicted octanol–water partition coefficient (Wildman–Crippen LogP) is 4.46. The zero-order valence-electron chi connectivity index (χ0n) is 14.5. The van der Waals surface area contributed by atoms with Gasteiger partial charge in [-0.25, -0.2) is 4.39 Å². The highest BCUT2D eigenvalue weighted by Gasteiger charge is 2.20. The Kier molecular flexibility index (Phi) is 3.71. The summed E-state index contributed by atoms with van der Waals surface area (Å²) in [6, 6.07) is 17.5. The maximum Gasteiger partial charge on any atom is 0.123 e. The van der Waals surface area contributed by atoms with E-state index in [1.807, 2.05) is 18.2 Å². The molecule has 130 valence electrons. The maximum atomic E-state index is 13.6. The Labute approximate surface area is 151 Å². The van der Waals surface area contributed by atoms with Crippen molar-refractivity contribution in [1.29, 1.82) is 0 Å². The monoisotopic (exact) mass is 345 g/mol. The molecule has 4 aromatic rings. The molecule has 0 spiro atoms. The van der Waals surface area contributed by atoms with Gasteiger partial charge in [-0.15, -0.1) is 0 Å². The Bertz CT molecular complexity index is 1100. The molecule has 0 saturated heterocycles. The van der Waals surface area contributed by atoms with Gasteiger partial charge in [0.25, 0.3) is 0 Å². The Morgan fingerprint density at radius 1 is 1.08 bits per heavy atom. The smallest absolute Gasteiger partial charge is 0.123 e. The topological polar surface area (TPSA) is 31.9 Å². The molecule has 3 heterocycles. The van der Waals surface area contributed by atoms with Crippen LogP contribution in [-0.4, -0.2) is 28.0 Å². The Balaban J connectivity index is 1.34. The van der Waals surface area contributed by atoms with E-state index in [4.69, 9.17) is 4.98 Å². The van der Waals surface area contributed by atoms with E-state index in [2.05, 4.69) is 34.1 Å². The molecule has 0 fully saturated rings. The van der Waals surface area contributed by atoms with Crippen LogP contribution in [0.5, 0.6) is 0 Å². The van der Waals surface area contributed by atoms with E-state index in [0.717, 1.165) is 54.6 Å². The first kappa shape index (κ1) is 15.5. The van der Waals surface area contributed by atoms with Gasteiger partial charge in [-0.1, -0.05) is 24.3 Å². The molecule has 0 radical (unpaired) electrons. The number of aromatic nitrogens is 2. The molecular weight excluding hydrogens is 325 g/mol. The van der Waals surface area contributed by atoms with Gasteiger partial charge in [0.15, 0.2) is 0 Å². The number of hydrogen-bond donors (Lipinski definition) is 1. The van der Waals surface area contributed by atoms with E-state index in [-0.39, 0.29) is 5.82 Å². The summed E-state index contributed by atoms with van der Waals surface area (Å²) in [5.74, 6) is -0.170. The molecule has 0 bridgehead atoms. The molecule has 0 unspecified atom stereocenters. The largest absolute Gasteiger partial charge is 0.358 e. The van der Waals surface area contributed by atoms with Crippen molar-refractivity contribution in [2.75, 3.05) is 13.1 Å². The molecule has 1 N–H and O–H groups in total. The SMILES string of the molecule is Fc1ccc2[nH]c3c(c2c1)CN(CCc1ccc2ccccc2n1)CC3. The fourth-order valence-corrected chi connectivity index (χ4v) is 3.95. The van der Waals surface area contributed by atoms with Crippen molar-refractivity contribution in [3.05, 3.63) is 77.4 Å². The number of rotatable bonds is 3. The van der Waals surface area contributed by atoms with Crippen molar-refractivity contribution in [1.82, 2.24) is 14.9 Å². The molecular formula is C22H20FN3. The fourth-order valence-electron chi connectivity index (χ4n) is 3.95. The van der Waals surface area contributed by atoms with Gasteiger partial charge in [0.1, 0.15) is 5.82 Å². The van der Waals surface area contributed by atoms with Crippen molar-refractivity contribution in [3.63, 3.8) is 0 Å². The molecule has 26 heavy (non-hydrogen) atoms. The van der Waals surface area contributed by atoms with Crippen LogP contribution in [0.25, 0.3) is 21.8 Å². The number of fused-ring (bicyclic) bond motifs is 4. The third-order valence-corrected chi connectivity index (χ3v) is 5.36. The summed E-state index contributed by atoms with van der Waals surface area (Å²) in [4.78, 5) is 10.7. The molecule has 3 nitrogen and oxygen atoms in total. The van der Waals surface area contributed by atoms with Gasteiger partial charge in [-0.2, -0.15) is 0 Å². The van der Waals surface area contributed by atoms with Crippen LogP contribution in [0.4, 0.5) is 4.39 Å². The van der Waals surface area contributed by atoms with Crippen LogP contribution in [-0.2, 0) is 19.4 Å². The van der Waals surface area contributed by atoms with Crippen LogP contribution in [0, 0.1) is 5.82 Å². The summed E-state index contributed by atoms with van der Waals surface area (Å²) in [5.41, 5.74) is 5.72. The fraction of sp³-hybridized carbons (Fsp3) is 0.227. The highest BCUT2D eigenvalue weighted by molar-refractivity contribution is 5.85. The summed E-state index contributed by atoms with van der Waals surface area (Å²) in [6.45, 7) is 2.86. The van der Waals surface area contributed by atoms with E-state index in [1.54, 1.807) is 6.07 Å². The Hall–Kier alpha value is -2.72. The summed E-state index contributed by atoms with van der Waals surface area (Å²) >= 11 is 0. The van der Waals surface area contributed by atoms with Crippen molar-refractivity contribution >= 4 is 21.8 Å². The first-order valence-electron chi connectivity index (χ1n) is 9.12. The number of aromatic amines is 1. The Morgan fingerprint density at radius 2 is 2.00 bits per heavy atom. The lowest BCUT2D eigenvalue weighted by Crippen LogP contribution is -2.32. The summed E-state index contributed by atoms with van der Waals surface area (Å²) in [6.07, 6.45) is 1.91. The number of para-hydroxylation sites is 1. The second-order valence-corrected chi connectivity index (χ2v) is 7.04. The lowest BCUT2D eigenvalue weighted by molar-refractivity contribution is 0.257. The minimum absolute atomic E-state index is 0.170. The number of halogens is 1. The number of pyridine rings is 1. The highest BCUT2D eigenvalue weighted by Crippen LogP contribution is 2.28. The maximum absolute atomic E-state index is 13.6. The normalized spacial score (nSPS) is 14.8. The minimum atomic E-state index is -0.170. The Morgan fingerprint density at radius 3 is 2.96 bits per heavy atom. The average Bonchev–Trinajstić information content (AvgIpc) is 3.03. The van der Waals surface area contributed by atoms with Crippen molar-refractivity contribution in [3.8, 4) is 0 Å². The second kappa shape index (κ2) is 6.22. The number of benzene rings is 2. The second-order valence-electron chi connectivity index (χ2n) is 7.04. The summed E-state index contributed by atoms with van der Waals surface area (Å²) in [5, 5.41) is 2.20. The van der Waals surface area contributed by atoms with Gasteiger partial charge in [0.05, 0.1) is 5.52 Å². The summed E-state index contributed by atoms with van der Waals surface area (Å²) in [7, 11) is 0. The van der Waals surface area contributed by atoms with Crippen molar-refractivity contribution in [2.45, 2.75) is 19.4 Å². The van der Waals surface area contributed by atoms with Gasteiger partial charge < -0.3 is 4.98 Å². The molecule has 2 aromatic carbocycles. The molecule has 0 aliphatic carbocycles. The van der Waals surface area contributed by atoms with Crippen molar-refractivity contribution < 1.29 is 4.39 Å². The molecule has 0 amide bonds. The van der Waals surface area contributed by atoms with Gasteiger partial charge in [-0.05, 0) is 35.9 Å². The number of H-pyrrole nitrogens is 1. The van der Waals surface area contributed by atoms with Crippen LogP contribution in [0.3, 0.4) is 0 Å². The third-order valence-electron chi connectivity index (χ3n) is 5.36. The van der Waals surface area contributed by atoms with E-state index in [1.165, 1.54) is 22.7 Å². The van der Waals surface area contributed by atoms with Gasteiger partial charge in [0.2, 0.25) is 0 Å². The van der Waals surface area contributed by atoms with E-state index in [9.17, 15) is 4.39 Å². The van der Waals surface area contributed by atoms with E-state index in [0.29, 0.717) is 0 Å². The zero-order valence-corrected chi connectivity index (χ0v) is 14.5.